The van der Waals surface area contributed by atoms with E-state index in [4.69, 9.17) is 9.15 Å². The van der Waals surface area contributed by atoms with E-state index in [9.17, 15) is 4.79 Å². The molecule has 4 heteroatoms. The van der Waals surface area contributed by atoms with Gasteiger partial charge in [0.15, 0.2) is 0 Å². The highest BCUT2D eigenvalue weighted by Crippen LogP contribution is 2.38. The molecule has 30 heavy (non-hydrogen) atoms. The van der Waals surface area contributed by atoms with Crippen molar-refractivity contribution in [1.82, 2.24) is 4.90 Å². The third-order valence-corrected chi connectivity index (χ3v) is 6.00. The molecule has 2 heterocycles. The van der Waals surface area contributed by atoms with Crippen molar-refractivity contribution in [2.45, 2.75) is 40.0 Å². The van der Waals surface area contributed by atoms with Crippen LogP contribution in [0.1, 0.15) is 42.9 Å². The molecule has 0 bridgehead atoms. The minimum atomic E-state index is 0.0798. The Morgan fingerprint density at radius 2 is 1.83 bits per heavy atom. The molecule has 0 aliphatic carbocycles. The van der Waals surface area contributed by atoms with Gasteiger partial charge in [0.25, 0.3) is 0 Å². The normalized spacial score (nSPS) is 14.9. The van der Waals surface area contributed by atoms with Gasteiger partial charge in [-0.15, -0.1) is 0 Å². The van der Waals surface area contributed by atoms with Crippen molar-refractivity contribution < 1.29 is 13.9 Å². The summed E-state index contributed by atoms with van der Waals surface area (Å²) in [5.41, 5.74) is 7.26. The van der Waals surface area contributed by atoms with Crippen molar-refractivity contribution in [3.05, 3.63) is 59.4 Å². The van der Waals surface area contributed by atoms with Crippen LogP contribution in [0.4, 0.5) is 0 Å². The van der Waals surface area contributed by atoms with Crippen molar-refractivity contribution in [3.63, 3.8) is 0 Å². The maximum absolute atomic E-state index is 12.8. The first-order chi connectivity index (χ1) is 14.5. The number of amides is 1. The monoisotopic (exact) mass is 403 g/mol. The Kier molecular flexibility index (Phi) is 5.67. The standard InChI is InChI=1S/C26H29NO3/c1-17-8-9-20(18(2)12-17)23-16-30-25-15-24(29-4)21(14-22(23)25)19(3)13-26(28)27-10-6-5-7-11-27/h8-9,12-16H,5-7,10-11H2,1-4H3/b19-13+. The Hall–Kier alpha value is -3.01. The molecular weight excluding hydrogens is 374 g/mol. The molecule has 0 unspecified atom stereocenters. The van der Waals surface area contributed by atoms with Gasteiger partial charge in [0, 0.05) is 41.7 Å². The average Bonchev–Trinajstić information content (AvgIpc) is 3.16. The zero-order valence-electron chi connectivity index (χ0n) is 18.2. The van der Waals surface area contributed by atoms with E-state index in [-0.39, 0.29) is 5.91 Å². The van der Waals surface area contributed by atoms with Crippen LogP contribution in [0.2, 0.25) is 0 Å². The van der Waals surface area contributed by atoms with Crippen LogP contribution in [-0.4, -0.2) is 31.0 Å². The lowest BCUT2D eigenvalue weighted by molar-refractivity contribution is -0.126. The fourth-order valence-electron chi connectivity index (χ4n) is 4.32. The highest BCUT2D eigenvalue weighted by molar-refractivity contribution is 6.00. The molecule has 156 valence electrons. The van der Waals surface area contributed by atoms with Crippen LogP contribution >= 0.6 is 0 Å². The Morgan fingerprint density at radius 3 is 2.53 bits per heavy atom. The number of piperidine rings is 1. The van der Waals surface area contributed by atoms with E-state index in [1.165, 1.54) is 17.5 Å². The highest BCUT2D eigenvalue weighted by atomic mass is 16.5. The second-order valence-electron chi connectivity index (χ2n) is 8.23. The topological polar surface area (TPSA) is 42.7 Å². The summed E-state index contributed by atoms with van der Waals surface area (Å²) >= 11 is 0. The first kappa shape index (κ1) is 20.3. The zero-order chi connectivity index (χ0) is 21.3. The van der Waals surface area contributed by atoms with Crippen LogP contribution in [0.5, 0.6) is 5.75 Å². The molecule has 1 fully saturated rings. The fraction of sp³-hybridized carbons (Fsp3) is 0.346. The lowest BCUT2D eigenvalue weighted by atomic mass is 9.96. The number of carbonyl (C=O) groups excluding carboxylic acids is 1. The van der Waals surface area contributed by atoms with Crippen molar-refractivity contribution in [1.29, 1.82) is 0 Å². The molecule has 4 rings (SSSR count). The van der Waals surface area contributed by atoms with E-state index in [1.807, 2.05) is 24.2 Å². The minimum absolute atomic E-state index is 0.0798. The number of hydrogen-bond donors (Lipinski definition) is 0. The quantitative estimate of drug-likeness (QED) is 0.491. The van der Waals surface area contributed by atoms with Gasteiger partial charge in [-0.3, -0.25) is 4.79 Å². The number of benzene rings is 2. The molecule has 0 spiro atoms. The number of allylic oxidation sites excluding steroid dienone is 1. The van der Waals surface area contributed by atoms with Crippen LogP contribution < -0.4 is 4.74 Å². The van der Waals surface area contributed by atoms with Crippen molar-refractivity contribution in [2.24, 2.45) is 0 Å². The van der Waals surface area contributed by atoms with Crippen molar-refractivity contribution in [2.75, 3.05) is 20.2 Å². The lowest BCUT2D eigenvalue weighted by Crippen LogP contribution is -2.34. The fourth-order valence-corrected chi connectivity index (χ4v) is 4.32. The largest absolute Gasteiger partial charge is 0.496 e. The van der Waals surface area contributed by atoms with E-state index in [0.717, 1.165) is 59.2 Å². The van der Waals surface area contributed by atoms with E-state index in [0.29, 0.717) is 5.75 Å². The van der Waals surface area contributed by atoms with Gasteiger partial charge in [-0.1, -0.05) is 23.8 Å². The van der Waals surface area contributed by atoms with Gasteiger partial charge in [0.1, 0.15) is 11.3 Å². The molecule has 2 aromatic carbocycles. The molecule has 1 aromatic heterocycles. The Morgan fingerprint density at radius 1 is 1.07 bits per heavy atom. The van der Waals surface area contributed by atoms with Gasteiger partial charge in [-0.25, -0.2) is 0 Å². The molecule has 1 amide bonds. The Bertz CT molecular complexity index is 1120. The molecule has 1 saturated heterocycles. The summed E-state index contributed by atoms with van der Waals surface area (Å²) in [6.45, 7) is 7.88. The Balaban J connectivity index is 1.77. The molecule has 3 aromatic rings. The van der Waals surface area contributed by atoms with Crippen molar-refractivity contribution in [3.8, 4) is 16.9 Å². The molecular formula is C26H29NO3. The van der Waals surface area contributed by atoms with Gasteiger partial charge in [0.2, 0.25) is 5.91 Å². The summed E-state index contributed by atoms with van der Waals surface area (Å²) in [4.78, 5) is 14.7. The maximum Gasteiger partial charge on any atom is 0.246 e. The summed E-state index contributed by atoms with van der Waals surface area (Å²) in [5.74, 6) is 0.792. The second-order valence-corrected chi connectivity index (χ2v) is 8.23. The van der Waals surface area contributed by atoms with Gasteiger partial charge >= 0.3 is 0 Å². The lowest BCUT2D eigenvalue weighted by Gasteiger charge is -2.25. The molecule has 1 aliphatic heterocycles. The number of carbonyl (C=O) groups is 1. The van der Waals surface area contributed by atoms with Gasteiger partial charge in [-0.05, 0) is 62.8 Å². The predicted octanol–water partition coefficient (Wildman–Crippen LogP) is 6.14. The Labute approximate surface area is 178 Å². The number of furan rings is 1. The van der Waals surface area contributed by atoms with E-state index < -0.39 is 0 Å². The van der Waals surface area contributed by atoms with Crippen LogP contribution in [-0.2, 0) is 4.79 Å². The minimum Gasteiger partial charge on any atom is -0.496 e. The van der Waals surface area contributed by atoms with E-state index >= 15 is 0 Å². The van der Waals surface area contributed by atoms with Crippen LogP contribution in [0.3, 0.4) is 0 Å². The third-order valence-electron chi connectivity index (χ3n) is 6.00. The summed E-state index contributed by atoms with van der Waals surface area (Å²) in [6.07, 6.45) is 6.93. The number of likely N-dealkylation sites (tertiary alicyclic amines) is 1. The number of rotatable bonds is 4. The van der Waals surface area contributed by atoms with Gasteiger partial charge in [0.05, 0.1) is 13.4 Å². The van der Waals surface area contributed by atoms with Crippen LogP contribution in [0.25, 0.3) is 27.7 Å². The molecule has 4 nitrogen and oxygen atoms in total. The second kappa shape index (κ2) is 8.39. The predicted molar refractivity (Wildman–Crippen MR) is 122 cm³/mol. The first-order valence-corrected chi connectivity index (χ1v) is 10.6. The molecule has 0 radical (unpaired) electrons. The summed E-state index contributed by atoms with van der Waals surface area (Å²) in [7, 11) is 1.65. The van der Waals surface area contributed by atoms with Crippen molar-refractivity contribution >= 4 is 22.4 Å². The number of methoxy groups -OCH3 is 1. The number of aryl methyl sites for hydroxylation is 2. The van der Waals surface area contributed by atoms with Gasteiger partial charge < -0.3 is 14.1 Å². The SMILES string of the molecule is COc1cc2occ(-c3ccc(C)cc3C)c2cc1/C(C)=C/C(=O)N1CCCCC1. The number of fused-ring (bicyclic) bond motifs is 1. The summed E-state index contributed by atoms with van der Waals surface area (Å²) in [6, 6.07) is 10.4. The maximum atomic E-state index is 12.8. The number of nitrogens with zero attached hydrogens (tertiary/aromatic N) is 1. The number of ether oxygens (including phenoxy) is 1. The average molecular weight is 404 g/mol. The molecule has 0 N–H and O–H groups in total. The third kappa shape index (κ3) is 3.87. The van der Waals surface area contributed by atoms with Crippen LogP contribution in [0, 0.1) is 13.8 Å². The smallest absolute Gasteiger partial charge is 0.246 e. The van der Waals surface area contributed by atoms with E-state index in [1.54, 1.807) is 13.2 Å². The van der Waals surface area contributed by atoms with Gasteiger partial charge in [-0.2, -0.15) is 0 Å². The van der Waals surface area contributed by atoms with Crippen LogP contribution in [0.15, 0.2) is 47.1 Å². The first-order valence-electron chi connectivity index (χ1n) is 10.6. The summed E-state index contributed by atoms with van der Waals surface area (Å²) < 4.78 is 11.5. The number of hydrogen-bond acceptors (Lipinski definition) is 3. The summed E-state index contributed by atoms with van der Waals surface area (Å²) in [5, 5.41) is 1.02. The molecule has 0 atom stereocenters. The molecule has 0 saturated carbocycles. The zero-order valence-corrected chi connectivity index (χ0v) is 18.2. The molecule has 1 aliphatic rings. The van der Waals surface area contributed by atoms with E-state index in [2.05, 4.69) is 38.1 Å². The highest BCUT2D eigenvalue weighted by Gasteiger charge is 2.18.